The standard InChI is InChI=1S/C25H28O13/c26-8-16-20(30)21(31)22(32)25(37-16)38-24-18-12(7-15(28)19(18)14(10-36-24)23(33)34)9-35-17(29)6-3-11-1-4-13(27)5-2-11/h1-7,10,15-16,18-22,24-28,30-32H,8-9H2,(H,33,34)/b6-3+/t15-,16+,18+,19-,20+,21-,22+,24-,25-/m0/s1. The summed E-state index contributed by atoms with van der Waals surface area (Å²) >= 11 is 0. The lowest BCUT2D eigenvalue weighted by atomic mass is 9.82. The molecule has 1 aliphatic carbocycles. The van der Waals surface area contributed by atoms with Gasteiger partial charge in [-0.2, -0.15) is 0 Å². The van der Waals surface area contributed by atoms with Gasteiger partial charge in [0.15, 0.2) is 6.29 Å². The van der Waals surface area contributed by atoms with E-state index < -0.39 is 73.5 Å². The Bertz CT molecular complexity index is 1110. The Morgan fingerprint density at radius 3 is 2.34 bits per heavy atom. The van der Waals surface area contributed by atoms with Crippen LogP contribution in [0.5, 0.6) is 5.75 Å². The van der Waals surface area contributed by atoms with Gasteiger partial charge in [-0.25, -0.2) is 9.59 Å². The fourth-order valence-corrected chi connectivity index (χ4v) is 4.62. The molecule has 0 amide bonds. The molecule has 4 rings (SSSR count). The molecule has 2 heterocycles. The normalized spacial score (nSPS) is 34.7. The van der Waals surface area contributed by atoms with E-state index in [-0.39, 0.29) is 23.5 Å². The highest BCUT2D eigenvalue weighted by atomic mass is 16.8. The van der Waals surface area contributed by atoms with Gasteiger partial charge in [-0.1, -0.05) is 18.2 Å². The number of hydrogen-bond donors (Lipinski definition) is 7. The molecule has 0 spiro atoms. The Hall–Kier alpha value is -3.30. The van der Waals surface area contributed by atoms with Gasteiger partial charge in [-0.05, 0) is 29.3 Å². The number of ether oxygens (including phenoxy) is 4. The molecule has 1 saturated heterocycles. The summed E-state index contributed by atoms with van der Waals surface area (Å²) in [6, 6.07) is 6.06. The second kappa shape index (κ2) is 11.6. The third kappa shape index (κ3) is 5.73. The van der Waals surface area contributed by atoms with Crippen molar-refractivity contribution >= 4 is 18.0 Å². The second-order valence-electron chi connectivity index (χ2n) is 9.03. The Balaban J connectivity index is 1.49. The monoisotopic (exact) mass is 536 g/mol. The van der Waals surface area contributed by atoms with Crippen molar-refractivity contribution < 1.29 is 64.3 Å². The molecular weight excluding hydrogens is 508 g/mol. The highest BCUT2D eigenvalue weighted by molar-refractivity contribution is 5.88. The van der Waals surface area contributed by atoms with Crippen molar-refractivity contribution in [2.24, 2.45) is 11.8 Å². The lowest BCUT2D eigenvalue weighted by Gasteiger charge is -2.43. The molecule has 1 fully saturated rings. The molecule has 206 valence electrons. The first-order valence-corrected chi connectivity index (χ1v) is 11.7. The molecule has 13 nitrogen and oxygen atoms in total. The molecule has 1 aromatic rings. The molecule has 9 atom stereocenters. The fourth-order valence-electron chi connectivity index (χ4n) is 4.62. The number of esters is 1. The van der Waals surface area contributed by atoms with E-state index in [1.165, 1.54) is 24.3 Å². The highest BCUT2D eigenvalue weighted by Crippen LogP contribution is 2.44. The van der Waals surface area contributed by atoms with Crippen molar-refractivity contribution in [1.82, 2.24) is 0 Å². The molecule has 0 unspecified atom stereocenters. The first kappa shape index (κ1) is 27.7. The number of phenols is 1. The van der Waals surface area contributed by atoms with Crippen molar-refractivity contribution in [2.45, 2.75) is 43.1 Å². The third-order valence-corrected chi connectivity index (χ3v) is 6.60. The van der Waals surface area contributed by atoms with Crippen LogP contribution in [-0.2, 0) is 28.5 Å². The molecule has 0 bridgehead atoms. The van der Waals surface area contributed by atoms with E-state index in [2.05, 4.69) is 0 Å². The number of aliphatic hydroxyl groups is 5. The van der Waals surface area contributed by atoms with Gasteiger partial charge >= 0.3 is 11.9 Å². The maximum atomic E-state index is 12.3. The zero-order valence-electron chi connectivity index (χ0n) is 19.8. The van der Waals surface area contributed by atoms with E-state index >= 15 is 0 Å². The van der Waals surface area contributed by atoms with Gasteiger partial charge in [-0.15, -0.1) is 0 Å². The number of carbonyl (C=O) groups is 2. The Kier molecular flexibility index (Phi) is 8.47. The molecular formula is C25H28O13. The van der Waals surface area contributed by atoms with Crippen molar-refractivity contribution in [2.75, 3.05) is 13.2 Å². The van der Waals surface area contributed by atoms with Crippen LogP contribution in [0.25, 0.3) is 6.08 Å². The number of carbonyl (C=O) groups excluding carboxylic acids is 1. The average molecular weight is 536 g/mol. The summed E-state index contributed by atoms with van der Waals surface area (Å²) in [5.74, 6) is -4.08. The largest absolute Gasteiger partial charge is 0.508 e. The number of carboxylic acids is 1. The predicted octanol–water partition coefficient (Wildman–Crippen LogP) is -1.38. The van der Waals surface area contributed by atoms with Gasteiger partial charge in [0.2, 0.25) is 6.29 Å². The number of carboxylic acid groups (broad SMARTS) is 1. The number of fused-ring (bicyclic) bond motifs is 1. The summed E-state index contributed by atoms with van der Waals surface area (Å²) in [6.45, 7) is -1.05. The van der Waals surface area contributed by atoms with Gasteiger partial charge in [0.25, 0.3) is 0 Å². The summed E-state index contributed by atoms with van der Waals surface area (Å²) in [7, 11) is 0. The van der Waals surface area contributed by atoms with Crippen LogP contribution in [0.1, 0.15) is 5.56 Å². The van der Waals surface area contributed by atoms with E-state index in [1.807, 2.05) is 0 Å². The van der Waals surface area contributed by atoms with E-state index in [4.69, 9.17) is 18.9 Å². The summed E-state index contributed by atoms with van der Waals surface area (Å²) in [4.78, 5) is 24.1. The molecule has 13 heteroatoms. The van der Waals surface area contributed by atoms with Crippen LogP contribution in [0.3, 0.4) is 0 Å². The Morgan fingerprint density at radius 2 is 1.68 bits per heavy atom. The molecule has 38 heavy (non-hydrogen) atoms. The van der Waals surface area contributed by atoms with Crippen LogP contribution in [0.4, 0.5) is 0 Å². The van der Waals surface area contributed by atoms with Crippen LogP contribution in [0, 0.1) is 11.8 Å². The SMILES string of the molecule is O=C(/C=C/c1ccc(O)cc1)OCC1=C[C@H](O)[C@@H]2C(C(=O)O)=CO[C@@H](O[C@@H]3O[C@H](CO)[C@@H](O)[C@H](O)[C@H]3O)[C@H]12. The van der Waals surface area contributed by atoms with Gasteiger partial charge in [-0.3, -0.25) is 0 Å². The van der Waals surface area contributed by atoms with Gasteiger partial charge in [0, 0.05) is 12.0 Å². The summed E-state index contributed by atoms with van der Waals surface area (Å²) in [6.07, 6.45) is -5.77. The molecule has 1 aromatic carbocycles. The van der Waals surface area contributed by atoms with E-state index in [1.54, 1.807) is 12.1 Å². The van der Waals surface area contributed by atoms with Crippen molar-refractivity contribution in [3.05, 3.63) is 59.4 Å². The van der Waals surface area contributed by atoms with Crippen LogP contribution in [0.15, 0.2) is 53.8 Å². The summed E-state index contributed by atoms with van der Waals surface area (Å²) in [5, 5.41) is 69.4. The lowest BCUT2D eigenvalue weighted by Crippen LogP contribution is -2.60. The fraction of sp³-hybridized carbons (Fsp3) is 0.440. The van der Waals surface area contributed by atoms with Crippen LogP contribution in [0.2, 0.25) is 0 Å². The Morgan fingerprint density at radius 1 is 0.974 bits per heavy atom. The number of benzene rings is 1. The van der Waals surface area contributed by atoms with Crippen molar-refractivity contribution in [3.8, 4) is 5.75 Å². The zero-order chi connectivity index (χ0) is 27.6. The minimum atomic E-state index is -1.75. The average Bonchev–Trinajstić information content (AvgIpc) is 3.23. The topological polar surface area (TPSA) is 213 Å². The van der Waals surface area contributed by atoms with E-state index in [0.29, 0.717) is 5.56 Å². The molecule has 0 radical (unpaired) electrons. The second-order valence-corrected chi connectivity index (χ2v) is 9.03. The van der Waals surface area contributed by atoms with Crippen LogP contribution >= 0.6 is 0 Å². The van der Waals surface area contributed by atoms with Crippen LogP contribution < -0.4 is 0 Å². The first-order chi connectivity index (χ1) is 18.1. The maximum Gasteiger partial charge on any atom is 0.335 e. The minimum absolute atomic E-state index is 0.0657. The number of phenolic OH excluding ortho intramolecular Hbond substituents is 1. The molecule has 3 aliphatic rings. The van der Waals surface area contributed by atoms with E-state index in [0.717, 1.165) is 12.3 Å². The van der Waals surface area contributed by atoms with Crippen molar-refractivity contribution in [1.29, 1.82) is 0 Å². The molecule has 0 saturated carbocycles. The Labute approximate surface area is 216 Å². The number of aromatic hydroxyl groups is 1. The molecule has 7 N–H and O–H groups in total. The number of hydrogen-bond acceptors (Lipinski definition) is 12. The van der Waals surface area contributed by atoms with E-state index in [9.17, 15) is 45.3 Å². The lowest BCUT2D eigenvalue weighted by molar-refractivity contribution is -0.340. The smallest absolute Gasteiger partial charge is 0.335 e. The first-order valence-electron chi connectivity index (χ1n) is 11.7. The van der Waals surface area contributed by atoms with Crippen molar-refractivity contribution in [3.63, 3.8) is 0 Å². The number of aliphatic carboxylic acids is 1. The zero-order valence-corrected chi connectivity index (χ0v) is 19.8. The predicted molar refractivity (Wildman–Crippen MR) is 125 cm³/mol. The summed E-state index contributed by atoms with van der Waals surface area (Å²) in [5.41, 5.74) is 0.636. The highest BCUT2D eigenvalue weighted by Gasteiger charge is 2.52. The molecule has 0 aromatic heterocycles. The van der Waals surface area contributed by atoms with Gasteiger partial charge in [0.1, 0.15) is 36.8 Å². The maximum absolute atomic E-state index is 12.3. The summed E-state index contributed by atoms with van der Waals surface area (Å²) < 4.78 is 21.8. The number of rotatable bonds is 8. The minimum Gasteiger partial charge on any atom is -0.508 e. The quantitative estimate of drug-likeness (QED) is 0.116. The number of aliphatic hydroxyl groups excluding tert-OH is 5. The molecule has 2 aliphatic heterocycles. The van der Waals surface area contributed by atoms with Gasteiger partial charge < -0.3 is 54.7 Å². The van der Waals surface area contributed by atoms with Gasteiger partial charge in [0.05, 0.1) is 30.5 Å². The van der Waals surface area contributed by atoms with Crippen LogP contribution in [-0.4, -0.2) is 104 Å². The third-order valence-electron chi connectivity index (χ3n) is 6.60.